The smallest absolute Gasteiger partial charge is 0.255 e. The van der Waals surface area contributed by atoms with E-state index in [0.29, 0.717) is 17.1 Å². The molecular weight excluding hydrogens is 352 g/mol. The number of nitrogens with one attached hydrogen (secondary N) is 1. The molecule has 28 heavy (non-hydrogen) atoms. The highest BCUT2D eigenvalue weighted by atomic mass is 16.5. The number of hydrogen-bond donors (Lipinski definition) is 1. The van der Waals surface area contributed by atoms with Crippen molar-refractivity contribution in [3.05, 3.63) is 72.7 Å². The first-order valence-electron chi connectivity index (χ1n) is 9.53. The molecule has 0 aliphatic carbocycles. The van der Waals surface area contributed by atoms with Crippen LogP contribution >= 0.6 is 0 Å². The third-order valence-corrected chi connectivity index (χ3v) is 4.98. The van der Waals surface area contributed by atoms with Crippen LogP contribution in [0.3, 0.4) is 0 Å². The SMILES string of the molecule is CN1CCC(Oc2ccc(NC(=O)c3ccc(-n4cccc4)cc3)cn2)CC1. The number of carbonyl (C=O) groups is 1. The predicted octanol–water partition coefficient (Wildman–Crippen LogP) is 3.60. The van der Waals surface area contributed by atoms with Gasteiger partial charge >= 0.3 is 0 Å². The number of benzene rings is 1. The van der Waals surface area contributed by atoms with E-state index in [9.17, 15) is 4.79 Å². The summed E-state index contributed by atoms with van der Waals surface area (Å²) in [7, 11) is 2.12. The zero-order valence-electron chi connectivity index (χ0n) is 15.9. The average molecular weight is 376 g/mol. The molecule has 144 valence electrons. The minimum absolute atomic E-state index is 0.162. The molecule has 0 atom stereocenters. The Balaban J connectivity index is 1.34. The van der Waals surface area contributed by atoms with Crippen molar-refractivity contribution < 1.29 is 9.53 Å². The van der Waals surface area contributed by atoms with Crippen molar-refractivity contribution in [2.45, 2.75) is 18.9 Å². The third kappa shape index (κ3) is 4.40. The van der Waals surface area contributed by atoms with E-state index in [1.54, 1.807) is 6.20 Å². The number of rotatable bonds is 5. The quantitative estimate of drug-likeness (QED) is 0.739. The van der Waals surface area contributed by atoms with Gasteiger partial charge in [0.2, 0.25) is 5.88 Å². The first kappa shape index (κ1) is 18.3. The summed E-state index contributed by atoms with van der Waals surface area (Å²) in [4.78, 5) is 19.1. The number of ether oxygens (including phenoxy) is 1. The zero-order chi connectivity index (χ0) is 19.3. The van der Waals surface area contributed by atoms with E-state index in [2.05, 4.69) is 22.2 Å². The molecule has 0 saturated carbocycles. The maximum absolute atomic E-state index is 12.5. The predicted molar refractivity (Wildman–Crippen MR) is 109 cm³/mol. The Kier molecular flexibility index (Phi) is 5.39. The van der Waals surface area contributed by atoms with Crippen molar-refractivity contribution in [3.63, 3.8) is 0 Å². The lowest BCUT2D eigenvalue weighted by molar-refractivity contribution is 0.102. The molecular formula is C22H24N4O2. The van der Waals surface area contributed by atoms with Gasteiger partial charge in [0.05, 0.1) is 11.9 Å². The highest BCUT2D eigenvalue weighted by Crippen LogP contribution is 2.19. The van der Waals surface area contributed by atoms with Crippen LogP contribution in [0.1, 0.15) is 23.2 Å². The van der Waals surface area contributed by atoms with Crippen LogP contribution in [0.15, 0.2) is 67.1 Å². The molecule has 3 aromatic rings. The number of nitrogens with zero attached hydrogens (tertiary/aromatic N) is 3. The fraction of sp³-hybridized carbons (Fsp3) is 0.273. The van der Waals surface area contributed by atoms with Gasteiger partial charge in [0.1, 0.15) is 6.10 Å². The molecule has 1 amide bonds. The van der Waals surface area contributed by atoms with Crippen LogP contribution in [-0.2, 0) is 0 Å². The number of hydrogen-bond acceptors (Lipinski definition) is 4. The Bertz CT molecular complexity index is 897. The monoisotopic (exact) mass is 376 g/mol. The second-order valence-corrected chi connectivity index (χ2v) is 7.10. The third-order valence-electron chi connectivity index (χ3n) is 4.98. The Morgan fingerprint density at radius 1 is 1.07 bits per heavy atom. The summed E-state index contributed by atoms with van der Waals surface area (Å²) in [6, 6.07) is 15.0. The van der Waals surface area contributed by atoms with Crippen LogP contribution in [0.5, 0.6) is 5.88 Å². The lowest BCUT2D eigenvalue weighted by Crippen LogP contribution is -2.35. The second kappa shape index (κ2) is 8.27. The maximum Gasteiger partial charge on any atom is 0.255 e. The number of anilines is 1. The van der Waals surface area contributed by atoms with Crippen molar-refractivity contribution in [1.82, 2.24) is 14.5 Å². The molecule has 0 unspecified atom stereocenters. The van der Waals surface area contributed by atoms with Crippen molar-refractivity contribution in [1.29, 1.82) is 0 Å². The minimum atomic E-state index is -0.162. The van der Waals surface area contributed by atoms with E-state index in [1.807, 2.05) is 65.5 Å². The zero-order valence-corrected chi connectivity index (χ0v) is 15.9. The normalized spacial score (nSPS) is 15.3. The Morgan fingerprint density at radius 2 is 1.79 bits per heavy atom. The highest BCUT2D eigenvalue weighted by molar-refractivity contribution is 6.04. The van der Waals surface area contributed by atoms with Gasteiger partial charge < -0.3 is 19.5 Å². The number of aromatic nitrogens is 2. The van der Waals surface area contributed by atoms with Crippen molar-refractivity contribution in [2.75, 3.05) is 25.5 Å². The van der Waals surface area contributed by atoms with Gasteiger partial charge in [-0.1, -0.05) is 0 Å². The molecule has 4 rings (SSSR count). The van der Waals surface area contributed by atoms with Crippen LogP contribution in [0.2, 0.25) is 0 Å². The number of likely N-dealkylation sites (tertiary alicyclic amines) is 1. The summed E-state index contributed by atoms with van der Waals surface area (Å²) in [5.41, 5.74) is 2.26. The molecule has 6 heteroatoms. The van der Waals surface area contributed by atoms with E-state index in [1.165, 1.54) is 0 Å². The summed E-state index contributed by atoms with van der Waals surface area (Å²) in [5.74, 6) is 0.438. The molecule has 1 aromatic carbocycles. The van der Waals surface area contributed by atoms with Crippen molar-refractivity contribution >= 4 is 11.6 Å². The Hall–Kier alpha value is -3.12. The number of piperidine rings is 1. The van der Waals surface area contributed by atoms with E-state index in [4.69, 9.17) is 4.74 Å². The van der Waals surface area contributed by atoms with Gasteiger partial charge in [-0.25, -0.2) is 4.98 Å². The molecule has 0 radical (unpaired) electrons. The van der Waals surface area contributed by atoms with Gasteiger partial charge in [0.15, 0.2) is 0 Å². The van der Waals surface area contributed by atoms with E-state index < -0.39 is 0 Å². The van der Waals surface area contributed by atoms with Crippen LogP contribution in [0.25, 0.3) is 5.69 Å². The Morgan fingerprint density at radius 3 is 2.43 bits per heavy atom. The lowest BCUT2D eigenvalue weighted by atomic mass is 10.1. The van der Waals surface area contributed by atoms with Gasteiger partial charge in [0.25, 0.3) is 5.91 Å². The van der Waals surface area contributed by atoms with Crippen molar-refractivity contribution in [2.24, 2.45) is 0 Å². The molecule has 1 fully saturated rings. The molecule has 0 spiro atoms. The minimum Gasteiger partial charge on any atom is -0.474 e. The number of amides is 1. The van der Waals surface area contributed by atoms with Gasteiger partial charge in [-0.15, -0.1) is 0 Å². The summed E-state index contributed by atoms with van der Waals surface area (Å²) >= 11 is 0. The fourth-order valence-corrected chi connectivity index (χ4v) is 3.29. The van der Waals surface area contributed by atoms with E-state index >= 15 is 0 Å². The lowest BCUT2D eigenvalue weighted by Gasteiger charge is -2.28. The summed E-state index contributed by atoms with van der Waals surface area (Å²) in [5, 5.41) is 2.88. The first-order valence-corrected chi connectivity index (χ1v) is 9.53. The van der Waals surface area contributed by atoms with E-state index in [0.717, 1.165) is 31.6 Å². The largest absolute Gasteiger partial charge is 0.474 e. The topological polar surface area (TPSA) is 59.4 Å². The molecule has 3 heterocycles. The van der Waals surface area contributed by atoms with Gasteiger partial charge in [-0.3, -0.25) is 4.79 Å². The van der Waals surface area contributed by atoms with E-state index in [-0.39, 0.29) is 12.0 Å². The summed E-state index contributed by atoms with van der Waals surface area (Å²) < 4.78 is 7.94. The number of carbonyl (C=O) groups excluding carboxylic acids is 1. The van der Waals surface area contributed by atoms with Crippen LogP contribution < -0.4 is 10.1 Å². The summed E-state index contributed by atoms with van der Waals surface area (Å²) in [6.45, 7) is 2.09. The Labute approximate surface area is 164 Å². The highest BCUT2D eigenvalue weighted by Gasteiger charge is 2.18. The second-order valence-electron chi connectivity index (χ2n) is 7.10. The molecule has 6 nitrogen and oxygen atoms in total. The van der Waals surface area contributed by atoms with Gasteiger partial charge in [0, 0.05) is 42.8 Å². The number of pyridine rings is 1. The van der Waals surface area contributed by atoms with Gasteiger partial charge in [-0.2, -0.15) is 0 Å². The summed E-state index contributed by atoms with van der Waals surface area (Å²) in [6.07, 6.45) is 7.80. The fourth-order valence-electron chi connectivity index (χ4n) is 3.29. The molecule has 1 saturated heterocycles. The first-order chi connectivity index (χ1) is 13.7. The van der Waals surface area contributed by atoms with Crippen LogP contribution in [0.4, 0.5) is 5.69 Å². The maximum atomic E-state index is 12.5. The molecule has 1 aliphatic rings. The van der Waals surface area contributed by atoms with Gasteiger partial charge in [-0.05, 0) is 62.4 Å². The van der Waals surface area contributed by atoms with Crippen molar-refractivity contribution in [3.8, 4) is 11.6 Å². The van der Waals surface area contributed by atoms with Crippen LogP contribution in [0, 0.1) is 0 Å². The average Bonchev–Trinajstić information content (AvgIpc) is 3.26. The molecule has 1 aliphatic heterocycles. The molecule has 1 N–H and O–H groups in total. The van der Waals surface area contributed by atoms with Crippen LogP contribution in [-0.4, -0.2) is 46.6 Å². The molecule has 2 aromatic heterocycles. The molecule has 0 bridgehead atoms. The standard InChI is InChI=1S/C22H24N4O2/c1-25-14-10-20(11-15-25)28-21-9-6-18(16-23-21)24-22(27)17-4-7-19(8-5-17)26-12-2-3-13-26/h2-9,12-13,16,20H,10-11,14-15H2,1H3,(H,24,27).